The van der Waals surface area contributed by atoms with Crippen LogP contribution in [0.5, 0.6) is 5.75 Å². The molecule has 0 bridgehead atoms. The Morgan fingerprint density at radius 1 is 0.639 bits per heavy atom. The van der Waals surface area contributed by atoms with Crippen molar-refractivity contribution in [3.63, 3.8) is 0 Å². The van der Waals surface area contributed by atoms with Crippen molar-refractivity contribution in [1.29, 1.82) is 0 Å². The fourth-order valence-corrected chi connectivity index (χ4v) is 4.73. The Kier molecular flexibility index (Phi) is 8.27. The lowest BCUT2D eigenvalue weighted by molar-refractivity contribution is -0.231. The topological polar surface area (TPSA) is 190 Å². The monoisotopic (exact) mass is 508 g/mol. The van der Waals surface area contributed by atoms with E-state index in [1.165, 1.54) is 7.11 Å². The summed E-state index contributed by atoms with van der Waals surface area (Å²) in [6.45, 7) is -1.05. The second-order valence-corrected chi connectivity index (χ2v) is 9.08. The number of aliphatic hydroxyl groups excluding tert-OH is 8. The lowest BCUT2D eigenvalue weighted by atomic mass is 9.89. The first kappa shape index (κ1) is 26.9. The van der Waals surface area contributed by atoms with E-state index in [0.29, 0.717) is 22.4 Å². The molecule has 198 valence electrons. The second kappa shape index (κ2) is 11.1. The highest BCUT2D eigenvalue weighted by atomic mass is 16.6. The van der Waals surface area contributed by atoms with Crippen molar-refractivity contribution in [2.24, 2.45) is 0 Å². The Balaban J connectivity index is 1.58. The zero-order chi connectivity index (χ0) is 26.1. The molecule has 2 fully saturated rings. The van der Waals surface area contributed by atoms with Gasteiger partial charge in [0.05, 0.1) is 20.3 Å². The first-order chi connectivity index (χ1) is 17.2. The van der Waals surface area contributed by atoms with E-state index in [2.05, 4.69) is 0 Å². The van der Waals surface area contributed by atoms with Crippen molar-refractivity contribution in [3.05, 3.63) is 53.6 Å². The van der Waals surface area contributed by atoms with Gasteiger partial charge in [-0.2, -0.15) is 0 Å². The van der Waals surface area contributed by atoms with Gasteiger partial charge in [-0.15, -0.1) is 0 Å². The average Bonchev–Trinajstić information content (AvgIpc) is 2.90. The first-order valence-corrected chi connectivity index (χ1v) is 11.6. The van der Waals surface area contributed by atoms with Crippen LogP contribution in [0.1, 0.15) is 23.3 Å². The van der Waals surface area contributed by atoms with Gasteiger partial charge in [-0.3, -0.25) is 0 Å². The highest BCUT2D eigenvalue weighted by molar-refractivity contribution is 5.71. The Labute approximate surface area is 207 Å². The van der Waals surface area contributed by atoms with Crippen LogP contribution in [0.4, 0.5) is 0 Å². The summed E-state index contributed by atoms with van der Waals surface area (Å²) < 4.78 is 16.8. The van der Waals surface area contributed by atoms with Gasteiger partial charge in [-0.1, -0.05) is 36.4 Å². The van der Waals surface area contributed by atoms with Crippen LogP contribution in [-0.4, -0.2) is 110 Å². The number of ether oxygens (including phenoxy) is 3. The Hall–Kier alpha value is -2.16. The van der Waals surface area contributed by atoms with Crippen molar-refractivity contribution in [1.82, 2.24) is 0 Å². The zero-order valence-corrected chi connectivity index (χ0v) is 19.5. The van der Waals surface area contributed by atoms with Crippen LogP contribution in [0.25, 0.3) is 11.1 Å². The molecule has 11 nitrogen and oxygen atoms in total. The molecule has 2 aliphatic rings. The highest BCUT2D eigenvalue weighted by Gasteiger charge is 2.45. The SMILES string of the molecule is COc1cc([C@H]2O[C@H](CO)[C@@H](O)[C@H](O)[C@@H]2O)ccc1-c1ccc([C@H]2O[C@H](CO)[C@@H](O)[C@H](O)[C@@H]2O)cc1. The van der Waals surface area contributed by atoms with Gasteiger partial charge < -0.3 is 55.1 Å². The fourth-order valence-electron chi connectivity index (χ4n) is 4.73. The summed E-state index contributed by atoms with van der Waals surface area (Å²) in [6, 6.07) is 11.9. The highest BCUT2D eigenvalue weighted by Crippen LogP contribution is 2.39. The van der Waals surface area contributed by atoms with Crippen LogP contribution in [0.15, 0.2) is 42.5 Å². The number of methoxy groups -OCH3 is 1. The van der Waals surface area contributed by atoms with Gasteiger partial charge in [0.1, 0.15) is 66.8 Å². The van der Waals surface area contributed by atoms with Crippen molar-refractivity contribution in [2.75, 3.05) is 20.3 Å². The number of aliphatic hydroxyl groups is 8. The minimum atomic E-state index is -1.50. The number of hydrogen-bond acceptors (Lipinski definition) is 11. The maximum absolute atomic E-state index is 10.4. The van der Waals surface area contributed by atoms with Gasteiger partial charge in [0.15, 0.2) is 0 Å². The van der Waals surface area contributed by atoms with Crippen LogP contribution in [-0.2, 0) is 9.47 Å². The van der Waals surface area contributed by atoms with Crippen LogP contribution >= 0.6 is 0 Å². The maximum atomic E-state index is 10.4. The van der Waals surface area contributed by atoms with Crippen LogP contribution in [0, 0.1) is 0 Å². The molecule has 10 atom stereocenters. The standard InChI is InChI=1S/C25H32O11/c1-34-15-8-13(25-23(33)21(31)19(29)17(10-27)36-25)6-7-14(15)11-2-4-12(5-3-11)24-22(32)20(30)18(28)16(9-26)35-24/h2-8,16-33H,9-10H2,1H3/t16-,17-,18-,19-,20+,21+,22+,23+,24-,25-/m1/s1. The van der Waals surface area contributed by atoms with E-state index in [1.54, 1.807) is 42.5 Å². The van der Waals surface area contributed by atoms with Gasteiger partial charge in [-0.25, -0.2) is 0 Å². The molecule has 8 N–H and O–H groups in total. The third kappa shape index (κ3) is 4.87. The molecule has 0 amide bonds. The van der Waals surface area contributed by atoms with Crippen molar-refractivity contribution < 1.29 is 55.1 Å². The lowest BCUT2D eigenvalue weighted by Gasteiger charge is -2.40. The summed E-state index contributed by atoms with van der Waals surface area (Å²) in [4.78, 5) is 0. The normalized spacial score (nSPS) is 37.0. The van der Waals surface area contributed by atoms with E-state index in [9.17, 15) is 40.9 Å². The van der Waals surface area contributed by atoms with E-state index in [-0.39, 0.29) is 0 Å². The predicted molar refractivity (Wildman–Crippen MR) is 124 cm³/mol. The zero-order valence-electron chi connectivity index (χ0n) is 19.5. The molecule has 2 aromatic rings. The largest absolute Gasteiger partial charge is 0.496 e. The Morgan fingerprint density at radius 2 is 1.11 bits per heavy atom. The lowest BCUT2D eigenvalue weighted by Crippen LogP contribution is -2.55. The molecule has 2 aliphatic heterocycles. The van der Waals surface area contributed by atoms with Gasteiger partial charge in [0.25, 0.3) is 0 Å². The minimum absolute atomic E-state index is 0.435. The molecule has 0 unspecified atom stereocenters. The summed E-state index contributed by atoms with van der Waals surface area (Å²) in [6.07, 6.45) is -12.7. The molecule has 0 saturated carbocycles. The van der Waals surface area contributed by atoms with E-state index in [1.807, 2.05) is 0 Å². The third-order valence-corrected chi connectivity index (χ3v) is 6.89. The third-order valence-electron chi connectivity index (χ3n) is 6.89. The Morgan fingerprint density at radius 3 is 1.58 bits per heavy atom. The summed E-state index contributed by atoms with van der Waals surface area (Å²) in [5, 5.41) is 79.9. The molecule has 0 spiro atoms. The molecule has 2 saturated heterocycles. The van der Waals surface area contributed by atoms with Crippen LogP contribution < -0.4 is 4.74 Å². The molecule has 2 heterocycles. The molecule has 0 aromatic heterocycles. The summed E-state index contributed by atoms with van der Waals surface area (Å²) in [7, 11) is 1.47. The van der Waals surface area contributed by atoms with Gasteiger partial charge in [-0.05, 0) is 22.8 Å². The predicted octanol–water partition coefficient (Wildman–Crippen LogP) is -1.61. The van der Waals surface area contributed by atoms with E-state index >= 15 is 0 Å². The molecule has 0 radical (unpaired) electrons. The number of benzene rings is 2. The van der Waals surface area contributed by atoms with Crippen molar-refractivity contribution in [3.8, 4) is 16.9 Å². The smallest absolute Gasteiger partial charge is 0.127 e. The van der Waals surface area contributed by atoms with Gasteiger partial charge >= 0.3 is 0 Å². The minimum Gasteiger partial charge on any atom is -0.496 e. The number of rotatable bonds is 6. The number of hydrogen-bond donors (Lipinski definition) is 8. The summed E-state index contributed by atoms with van der Waals surface area (Å²) in [5.74, 6) is 0.435. The molecule has 11 heteroatoms. The molecule has 0 aliphatic carbocycles. The molecular formula is C25H32O11. The fraction of sp³-hybridized carbons (Fsp3) is 0.520. The second-order valence-electron chi connectivity index (χ2n) is 9.08. The van der Waals surface area contributed by atoms with Crippen LogP contribution in [0.3, 0.4) is 0 Å². The molecular weight excluding hydrogens is 476 g/mol. The quantitative estimate of drug-likeness (QED) is 0.224. The van der Waals surface area contributed by atoms with Gasteiger partial charge in [0, 0.05) is 5.56 Å². The van der Waals surface area contributed by atoms with E-state index < -0.39 is 74.3 Å². The Bertz CT molecular complexity index is 1010. The van der Waals surface area contributed by atoms with E-state index in [0.717, 1.165) is 5.56 Å². The van der Waals surface area contributed by atoms with Crippen molar-refractivity contribution >= 4 is 0 Å². The molecule has 36 heavy (non-hydrogen) atoms. The molecule has 2 aromatic carbocycles. The van der Waals surface area contributed by atoms with E-state index in [4.69, 9.17) is 14.2 Å². The van der Waals surface area contributed by atoms with Crippen LogP contribution in [0.2, 0.25) is 0 Å². The summed E-state index contributed by atoms with van der Waals surface area (Å²) >= 11 is 0. The molecule has 4 rings (SSSR count). The van der Waals surface area contributed by atoms with Gasteiger partial charge in [0.2, 0.25) is 0 Å². The van der Waals surface area contributed by atoms with Crippen molar-refractivity contribution in [2.45, 2.75) is 61.0 Å². The average molecular weight is 509 g/mol. The maximum Gasteiger partial charge on any atom is 0.127 e. The summed E-state index contributed by atoms with van der Waals surface area (Å²) in [5.41, 5.74) is 2.43. The first-order valence-electron chi connectivity index (χ1n) is 11.6.